The summed E-state index contributed by atoms with van der Waals surface area (Å²) in [6, 6.07) is -0.0595. The van der Waals surface area contributed by atoms with Crippen molar-refractivity contribution in [2.24, 2.45) is 0 Å². The van der Waals surface area contributed by atoms with Crippen molar-refractivity contribution in [2.45, 2.75) is 25.0 Å². The number of likely N-dealkylation sites (tertiary alicyclic amines) is 1. The van der Waals surface area contributed by atoms with Crippen LogP contribution in [0.4, 0.5) is 0 Å². The third-order valence-electron chi connectivity index (χ3n) is 3.37. The maximum absolute atomic E-state index is 11.9. The average molecular weight is 271 g/mol. The van der Waals surface area contributed by atoms with E-state index < -0.39 is 6.10 Å². The lowest BCUT2D eigenvalue weighted by Gasteiger charge is -2.45. The van der Waals surface area contributed by atoms with Crippen LogP contribution in [-0.2, 0) is 23.7 Å². The first-order valence-electron chi connectivity index (χ1n) is 6.45. The zero-order valence-corrected chi connectivity index (χ0v) is 11.5. The molecule has 0 N–H and O–H groups in total. The van der Waals surface area contributed by atoms with Crippen molar-refractivity contribution < 1.29 is 23.7 Å². The Balaban J connectivity index is 2.00. The van der Waals surface area contributed by atoms with Crippen molar-refractivity contribution in [1.82, 2.24) is 4.90 Å². The van der Waals surface area contributed by atoms with Crippen LogP contribution in [0.2, 0.25) is 0 Å². The van der Waals surface area contributed by atoms with E-state index in [1.807, 2.05) is 0 Å². The summed E-state index contributed by atoms with van der Waals surface area (Å²) in [4.78, 5) is 13.6. The highest BCUT2D eigenvalue weighted by Gasteiger charge is 2.47. The highest BCUT2D eigenvalue weighted by Crippen LogP contribution is 2.27. The molecular formula is C13H21NO5. The molecule has 2 saturated heterocycles. The molecule has 2 atom stereocenters. The van der Waals surface area contributed by atoms with Gasteiger partial charge >= 0.3 is 0 Å². The predicted octanol–water partition coefficient (Wildman–Crippen LogP) is 0.527. The van der Waals surface area contributed by atoms with Crippen LogP contribution >= 0.6 is 0 Å². The first-order valence-corrected chi connectivity index (χ1v) is 6.45. The van der Waals surface area contributed by atoms with Crippen molar-refractivity contribution in [3.05, 3.63) is 11.6 Å². The van der Waals surface area contributed by atoms with Crippen molar-refractivity contribution in [1.29, 1.82) is 0 Å². The van der Waals surface area contributed by atoms with Gasteiger partial charge in [0.25, 0.3) is 5.91 Å². The summed E-state index contributed by atoms with van der Waals surface area (Å²) >= 11 is 0. The highest BCUT2D eigenvalue weighted by atomic mass is 16.7. The fraction of sp³-hybridized carbons (Fsp3) is 0.769. The molecule has 0 saturated carbocycles. The molecule has 2 unspecified atom stereocenters. The number of ether oxygens (including phenoxy) is 4. The smallest absolute Gasteiger partial charge is 0.256 e. The van der Waals surface area contributed by atoms with Crippen LogP contribution in [-0.4, -0.2) is 63.9 Å². The molecule has 2 rings (SSSR count). The van der Waals surface area contributed by atoms with Gasteiger partial charge in [0, 0.05) is 14.2 Å². The molecule has 6 nitrogen and oxygen atoms in total. The summed E-state index contributed by atoms with van der Waals surface area (Å²) < 4.78 is 20.7. The van der Waals surface area contributed by atoms with Gasteiger partial charge in [0.2, 0.25) is 0 Å². The molecule has 0 aromatic rings. The molecule has 2 fully saturated rings. The molecule has 0 radical (unpaired) electrons. The number of hydrogen-bond acceptors (Lipinski definition) is 5. The molecule has 19 heavy (non-hydrogen) atoms. The van der Waals surface area contributed by atoms with Gasteiger partial charge in [-0.2, -0.15) is 0 Å². The number of amides is 1. The molecule has 2 aliphatic heterocycles. The molecule has 0 aromatic carbocycles. The van der Waals surface area contributed by atoms with E-state index in [9.17, 15) is 4.79 Å². The van der Waals surface area contributed by atoms with Crippen LogP contribution in [0.3, 0.4) is 0 Å². The van der Waals surface area contributed by atoms with Crippen molar-refractivity contribution in [3.8, 4) is 0 Å². The molecule has 2 heterocycles. The van der Waals surface area contributed by atoms with Crippen molar-refractivity contribution in [2.75, 3.05) is 41.0 Å². The highest BCUT2D eigenvalue weighted by molar-refractivity contribution is 5.89. The maximum atomic E-state index is 11.9. The molecule has 1 amide bonds. The summed E-state index contributed by atoms with van der Waals surface area (Å²) in [5, 5.41) is 0. The molecule has 0 spiro atoms. The van der Waals surface area contributed by atoms with E-state index in [4.69, 9.17) is 18.9 Å². The normalized spacial score (nSPS) is 27.4. The Morgan fingerprint density at radius 1 is 1.32 bits per heavy atom. The lowest BCUT2D eigenvalue weighted by molar-refractivity contribution is -0.190. The summed E-state index contributed by atoms with van der Waals surface area (Å²) in [7, 11) is 3.12. The van der Waals surface area contributed by atoms with Gasteiger partial charge in [-0.15, -0.1) is 0 Å². The van der Waals surface area contributed by atoms with Gasteiger partial charge in [-0.05, 0) is 12.8 Å². The van der Waals surface area contributed by atoms with Crippen LogP contribution in [0.25, 0.3) is 0 Å². The Kier molecular flexibility index (Phi) is 5.33. The fourth-order valence-corrected chi connectivity index (χ4v) is 2.36. The zero-order chi connectivity index (χ0) is 13.7. The van der Waals surface area contributed by atoms with Crippen molar-refractivity contribution >= 4 is 5.91 Å². The molecule has 0 bridgehead atoms. The minimum atomic E-state index is -0.453. The summed E-state index contributed by atoms with van der Waals surface area (Å²) in [5.74, 6) is -0.0483. The Morgan fingerprint density at radius 2 is 2.05 bits per heavy atom. The molecule has 6 heteroatoms. The number of rotatable bonds is 6. The second-order valence-corrected chi connectivity index (χ2v) is 4.65. The topological polar surface area (TPSA) is 57.2 Å². The Hall–Kier alpha value is -0.950. The lowest BCUT2D eigenvalue weighted by Crippen LogP contribution is -2.65. The van der Waals surface area contributed by atoms with Crippen LogP contribution in [0, 0.1) is 0 Å². The first-order chi connectivity index (χ1) is 9.27. The number of carbonyl (C=O) groups excluding carboxylic acids is 1. The number of hydrogen-bond donors (Lipinski definition) is 0. The van der Waals surface area contributed by atoms with Gasteiger partial charge in [-0.25, -0.2) is 0 Å². The standard InChI is InChI=1S/C13H21NO5/c1-16-8-14-11(7-10-3-5-18-6-4-10)12(13(14)15)19-9-17-2/h7,11-12H,3-6,8-9H2,1-2H3. The van der Waals surface area contributed by atoms with Gasteiger partial charge < -0.3 is 23.8 Å². The molecule has 108 valence electrons. The van der Waals surface area contributed by atoms with Crippen LogP contribution in [0.15, 0.2) is 11.6 Å². The minimum Gasteiger partial charge on any atom is -0.381 e. The van der Waals surface area contributed by atoms with Gasteiger partial charge in [-0.1, -0.05) is 11.6 Å². The lowest BCUT2D eigenvalue weighted by atomic mass is 9.94. The van der Waals surface area contributed by atoms with Crippen LogP contribution < -0.4 is 0 Å². The fourth-order valence-electron chi connectivity index (χ4n) is 2.36. The molecular weight excluding hydrogens is 250 g/mol. The summed E-state index contributed by atoms with van der Waals surface area (Å²) in [5.41, 5.74) is 1.32. The largest absolute Gasteiger partial charge is 0.381 e. The Morgan fingerprint density at radius 3 is 2.68 bits per heavy atom. The van der Waals surface area contributed by atoms with E-state index in [1.54, 1.807) is 19.1 Å². The van der Waals surface area contributed by atoms with Crippen LogP contribution in [0.5, 0.6) is 0 Å². The second kappa shape index (κ2) is 7.00. The molecule has 2 aliphatic rings. The zero-order valence-electron chi connectivity index (χ0n) is 11.5. The predicted molar refractivity (Wildman–Crippen MR) is 67.4 cm³/mol. The van der Waals surface area contributed by atoms with Gasteiger partial charge in [0.15, 0.2) is 6.10 Å². The van der Waals surface area contributed by atoms with E-state index >= 15 is 0 Å². The van der Waals surface area contributed by atoms with E-state index in [-0.39, 0.29) is 25.5 Å². The maximum Gasteiger partial charge on any atom is 0.256 e. The summed E-state index contributed by atoms with van der Waals surface area (Å²) in [6.07, 6.45) is 3.50. The Bertz CT molecular complexity index is 336. The van der Waals surface area contributed by atoms with Crippen molar-refractivity contribution in [3.63, 3.8) is 0 Å². The molecule has 0 aliphatic carbocycles. The van der Waals surface area contributed by atoms with E-state index in [0.29, 0.717) is 0 Å². The van der Waals surface area contributed by atoms with Crippen LogP contribution in [0.1, 0.15) is 12.8 Å². The average Bonchev–Trinajstić information content (AvgIpc) is 2.45. The second-order valence-electron chi connectivity index (χ2n) is 4.65. The third-order valence-corrected chi connectivity index (χ3v) is 3.37. The number of carbonyl (C=O) groups is 1. The third kappa shape index (κ3) is 3.33. The van der Waals surface area contributed by atoms with E-state index in [0.717, 1.165) is 26.1 Å². The van der Waals surface area contributed by atoms with E-state index in [1.165, 1.54) is 5.57 Å². The monoisotopic (exact) mass is 271 g/mol. The minimum absolute atomic E-state index is 0.0483. The molecule has 0 aromatic heterocycles. The summed E-state index contributed by atoms with van der Waals surface area (Å²) in [6.45, 7) is 1.91. The number of nitrogens with zero attached hydrogens (tertiary/aromatic N) is 1. The van der Waals surface area contributed by atoms with E-state index in [2.05, 4.69) is 6.08 Å². The number of β-lactam (4-membered cyclic amide) rings is 1. The Labute approximate surface area is 113 Å². The quantitative estimate of drug-likeness (QED) is 0.400. The van der Waals surface area contributed by atoms with Gasteiger partial charge in [0.05, 0.1) is 19.3 Å². The first kappa shape index (κ1) is 14.5. The SMILES string of the molecule is COCOC1C(=O)N(COC)C1C=C1CCOCC1. The van der Waals surface area contributed by atoms with Gasteiger partial charge in [0.1, 0.15) is 13.5 Å². The van der Waals surface area contributed by atoms with Gasteiger partial charge in [-0.3, -0.25) is 4.79 Å². The number of methoxy groups -OCH3 is 2.